The fourth-order valence-electron chi connectivity index (χ4n) is 3.40. The highest BCUT2D eigenvalue weighted by Gasteiger charge is 2.47. The Labute approximate surface area is 131 Å². The molecule has 22 heavy (non-hydrogen) atoms. The molecule has 0 N–H and O–H groups in total. The Kier molecular flexibility index (Phi) is 3.50. The van der Waals surface area contributed by atoms with Crippen molar-refractivity contribution in [1.82, 2.24) is 4.90 Å². The average molecular weight is 301 g/mol. The Morgan fingerprint density at radius 3 is 2.50 bits per heavy atom. The summed E-state index contributed by atoms with van der Waals surface area (Å²) >= 11 is 0. The van der Waals surface area contributed by atoms with E-state index in [0.717, 1.165) is 5.56 Å². The highest BCUT2D eigenvalue weighted by Crippen LogP contribution is 2.44. The molecule has 2 aliphatic heterocycles. The molecule has 1 aromatic rings. The monoisotopic (exact) mass is 301 g/mol. The zero-order valence-electron chi connectivity index (χ0n) is 13.5. The minimum Gasteiger partial charge on any atom is -0.450 e. The van der Waals surface area contributed by atoms with Gasteiger partial charge in [-0.05, 0) is 11.5 Å². The predicted octanol–water partition coefficient (Wildman–Crippen LogP) is 3.11. The van der Waals surface area contributed by atoms with E-state index >= 15 is 0 Å². The van der Waals surface area contributed by atoms with Crippen LogP contribution >= 0.6 is 0 Å². The molecule has 0 aliphatic carbocycles. The van der Waals surface area contributed by atoms with E-state index in [2.05, 4.69) is 20.8 Å². The molecule has 2 aliphatic rings. The summed E-state index contributed by atoms with van der Waals surface area (Å²) in [6, 6.07) is 7.61. The van der Waals surface area contributed by atoms with E-state index in [1.54, 1.807) is 0 Å². The second-order valence-corrected chi connectivity index (χ2v) is 7.55. The van der Waals surface area contributed by atoms with Gasteiger partial charge in [-0.15, -0.1) is 0 Å². The van der Waals surface area contributed by atoms with Gasteiger partial charge in [0.15, 0.2) is 0 Å². The molecule has 1 spiro atoms. The van der Waals surface area contributed by atoms with Crippen molar-refractivity contribution in [3.63, 3.8) is 0 Å². The Morgan fingerprint density at radius 1 is 1.23 bits per heavy atom. The molecule has 0 aromatic heterocycles. The topological polar surface area (TPSA) is 46.6 Å². The van der Waals surface area contributed by atoms with E-state index in [0.29, 0.717) is 37.9 Å². The molecule has 0 radical (unpaired) electrons. The molecular weight excluding hydrogens is 278 g/mol. The molecule has 3 rings (SSSR count). The van der Waals surface area contributed by atoms with Crippen molar-refractivity contribution in [3.05, 3.63) is 35.4 Å². The number of amides is 1. The summed E-state index contributed by atoms with van der Waals surface area (Å²) in [6.07, 6.45) is 1.92. The number of ether oxygens (including phenoxy) is 1. The molecule has 1 saturated heterocycles. The van der Waals surface area contributed by atoms with Crippen molar-refractivity contribution < 1.29 is 14.3 Å². The lowest BCUT2D eigenvalue weighted by molar-refractivity contribution is -0.137. The van der Waals surface area contributed by atoms with Crippen molar-refractivity contribution in [2.24, 2.45) is 5.41 Å². The van der Waals surface area contributed by atoms with E-state index in [1.807, 2.05) is 29.2 Å². The Bertz CT molecular complexity index is 607. The summed E-state index contributed by atoms with van der Waals surface area (Å²) in [4.78, 5) is 26.3. The normalized spacial score (nSPS) is 20.0. The lowest BCUT2D eigenvalue weighted by Crippen LogP contribution is -2.46. The van der Waals surface area contributed by atoms with E-state index in [4.69, 9.17) is 4.74 Å². The number of carbonyl (C=O) groups is 2. The van der Waals surface area contributed by atoms with E-state index in [1.165, 1.54) is 0 Å². The van der Waals surface area contributed by atoms with Crippen LogP contribution in [-0.4, -0.2) is 29.9 Å². The van der Waals surface area contributed by atoms with Gasteiger partial charge in [-0.3, -0.25) is 4.79 Å². The number of nitrogens with zero attached hydrogens (tertiary/aromatic N) is 1. The zero-order chi connectivity index (χ0) is 16.0. The fourth-order valence-corrected chi connectivity index (χ4v) is 3.40. The summed E-state index contributed by atoms with van der Waals surface area (Å²) in [6.45, 7) is 7.52. The third-order valence-electron chi connectivity index (χ3n) is 4.53. The first-order valence-electron chi connectivity index (χ1n) is 7.91. The van der Waals surface area contributed by atoms with Gasteiger partial charge in [0.2, 0.25) is 5.91 Å². The minimum atomic E-state index is -0.522. The SMILES string of the molecule is CC(C)(C)CC(=O)N1CCC2(CC1)OC(=O)c1ccccc12. The van der Waals surface area contributed by atoms with Gasteiger partial charge in [0.1, 0.15) is 5.60 Å². The molecule has 2 heterocycles. The van der Waals surface area contributed by atoms with Crippen LogP contribution in [0, 0.1) is 5.41 Å². The molecular formula is C18H23NO3. The standard InChI is InChI=1S/C18H23NO3/c1-17(2,3)12-15(20)19-10-8-18(9-11-19)14-7-5-4-6-13(14)16(21)22-18/h4-7H,8-12H2,1-3H3. The molecule has 4 nitrogen and oxygen atoms in total. The molecule has 0 bridgehead atoms. The lowest BCUT2D eigenvalue weighted by Gasteiger charge is -2.39. The van der Waals surface area contributed by atoms with E-state index in [9.17, 15) is 9.59 Å². The van der Waals surface area contributed by atoms with Crippen LogP contribution in [0.3, 0.4) is 0 Å². The van der Waals surface area contributed by atoms with Crippen molar-refractivity contribution in [1.29, 1.82) is 0 Å². The molecule has 0 unspecified atom stereocenters. The number of rotatable bonds is 1. The van der Waals surface area contributed by atoms with Crippen molar-refractivity contribution in [3.8, 4) is 0 Å². The van der Waals surface area contributed by atoms with Crippen LogP contribution < -0.4 is 0 Å². The number of fused-ring (bicyclic) bond motifs is 2. The smallest absolute Gasteiger partial charge is 0.339 e. The molecule has 118 valence electrons. The van der Waals surface area contributed by atoms with Crippen molar-refractivity contribution in [2.75, 3.05) is 13.1 Å². The number of hydrogen-bond acceptors (Lipinski definition) is 3. The van der Waals surface area contributed by atoms with Gasteiger partial charge in [0.05, 0.1) is 5.56 Å². The summed E-state index contributed by atoms with van der Waals surface area (Å²) in [5.74, 6) is -0.0370. The first kappa shape index (κ1) is 15.1. The summed E-state index contributed by atoms with van der Waals surface area (Å²) in [7, 11) is 0. The maximum absolute atomic E-state index is 12.3. The summed E-state index contributed by atoms with van der Waals surface area (Å²) < 4.78 is 5.71. The van der Waals surface area contributed by atoms with Gasteiger partial charge in [-0.2, -0.15) is 0 Å². The van der Waals surface area contributed by atoms with Crippen molar-refractivity contribution in [2.45, 2.75) is 45.6 Å². The van der Waals surface area contributed by atoms with Gasteiger partial charge in [0.25, 0.3) is 0 Å². The predicted molar refractivity (Wildman–Crippen MR) is 83.4 cm³/mol. The highest BCUT2D eigenvalue weighted by molar-refractivity contribution is 5.94. The lowest BCUT2D eigenvalue weighted by atomic mass is 9.83. The zero-order valence-corrected chi connectivity index (χ0v) is 13.5. The molecule has 1 aromatic carbocycles. The Morgan fingerprint density at radius 2 is 1.86 bits per heavy atom. The van der Waals surface area contributed by atoms with Crippen molar-refractivity contribution >= 4 is 11.9 Å². The van der Waals surface area contributed by atoms with Crippen LogP contribution in [0.1, 0.15) is 56.0 Å². The van der Waals surface area contributed by atoms with Gasteiger partial charge in [0, 0.05) is 37.9 Å². The van der Waals surface area contributed by atoms with Gasteiger partial charge < -0.3 is 9.64 Å². The number of piperidine rings is 1. The third-order valence-corrected chi connectivity index (χ3v) is 4.53. The number of hydrogen-bond donors (Lipinski definition) is 0. The molecule has 1 fully saturated rings. The molecule has 0 atom stereocenters. The van der Waals surface area contributed by atoms with E-state index in [-0.39, 0.29) is 17.3 Å². The fraction of sp³-hybridized carbons (Fsp3) is 0.556. The van der Waals surface area contributed by atoms with E-state index < -0.39 is 5.60 Å². The van der Waals surface area contributed by atoms with Crippen LogP contribution in [0.15, 0.2) is 24.3 Å². The number of esters is 1. The van der Waals surface area contributed by atoms with Gasteiger partial charge >= 0.3 is 5.97 Å². The van der Waals surface area contributed by atoms with Crippen LogP contribution in [0.25, 0.3) is 0 Å². The summed E-state index contributed by atoms with van der Waals surface area (Å²) in [5.41, 5.74) is 1.14. The highest BCUT2D eigenvalue weighted by atomic mass is 16.6. The first-order chi connectivity index (χ1) is 10.3. The number of carbonyl (C=O) groups excluding carboxylic acids is 2. The van der Waals surface area contributed by atoms with Crippen LogP contribution in [-0.2, 0) is 15.1 Å². The maximum atomic E-state index is 12.3. The second kappa shape index (κ2) is 5.11. The molecule has 1 amide bonds. The number of likely N-dealkylation sites (tertiary alicyclic amines) is 1. The van der Waals surface area contributed by atoms with Gasteiger partial charge in [-0.1, -0.05) is 39.0 Å². The van der Waals surface area contributed by atoms with Crippen LogP contribution in [0.5, 0.6) is 0 Å². The van der Waals surface area contributed by atoms with Gasteiger partial charge in [-0.25, -0.2) is 4.79 Å². The minimum absolute atomic E-state index is 0.00135. The van der Waals surface area contributed by atoms with Crippen LogP contribution in [0.4, 0.5) is 0 Å². The molecule has 0 saturated carbocycles. The average Bonchev–Trinajstić information content (AvgIpc) is 2.71. The number of benzene rings is 1. The third kappa shape index (κ3) is 2.62. The quantitative estimate of drug-likeness (QED) is 0.749. The first-order valence-corrected chi connectivity index (χ1v) is 7.91. The second-order valence-electron chi connectivity index (χ2n) is 7.55. The molecule has 4 heteroatoms. The largest absolute Gasteiger partial charge is 0.450 e. The Hall–Kier alpha value is -1.84. The maximum Gasteiger partial charge on any atom is 0.339 e. The Balaban J connectivity index is 1.73. The summed E-state index contributed by atoms with van der Waals surface area (Å²) in [5, 5.41) is 0. The van der Waals surface area contributed by atoms with Crippen LogP contribution in [0.2, 0.25) is 0 Å².